The maximum absolute atomic E-state index is 11.8. The molecule has 0 aliphatic carbocycles. The van der Waals surface area contributed by atoms with Crippen molar-refractivity contribution >= 4 is 5.91 Å². The van der Waals surface area contributed by atoms with Gasteiger partial charge in [-0.15, -0.1) is 0 Å². The lowest BCUT2D eigenvalue weighted by molar-refractivity contribution is -0.122. The summed E-state index contributed by atoms with van der Waals surface area (Å²) in [6.45, 7) is 6.62. The van der Waals surface area contributed by atoms with Crippen LogP contribution >= 0.6 is 0 Å². The number of hydrogen-bond donors (Lipinski definition) is 2. The zero-order valence-corrected chi connectivity index (χ0v) is 10.7. The van der Waals surface area contributed by atoms with E-state index in [4.69, 9.17) is 4.52 Å². The van der Waals surface area contributed by atoms with Crippen LogP contribution in [0, 0.1) is 6.92 Å². The van der Waals surface area contributed by atoms with Gasteiger partial charge in [0.1, 0.15) is 11.5 Å². The first-order valence-electron chi connectivity index (χ1n) is 6.36. The molecule has 1 aromatic heterocycles. The molecule has 2 rings (SSSR count). The molecule has 0 aromatic carbocycles. The summed E-state index contributed by atoms with van der Waals surface area (Å²) in [5.41, 5.74) is 0.762. The third-order valence-corrected chi connectivity index (χ3v) is 2.94. The second-order valence-electron chi connectivity index (χ2n) is 4.59. The van der Waals surface area contributed by atoms with Crippen LogP contribution in [0.2, 0.25) is 0 Å². The minimum absolute atomic E-state index is 0.0394. The van der Waals surface area contributed by atoms with Crippen LogP contribution in [-0.4, -0.2) is 48.7 Å². The molecular formula is C12H20N4O2. The van der Waals surface area contributed by atoms with Crippen LogP contribution in [0.3, 0.4) is 0 Å². The van der Waals surface area contributed by atoms with Crippen LogP contribution in [0.5, 0.6) is 0 Å². The molecule has 0 spiro atoms. The normalized spacial score (nSPS) is 17.4. The van der Waals surface area contributed by atoms with E-state index in [2.05, 4.69) is 20.7 Å². The minimum Gasteiger partial charge on any atom is -0.361 e. The summed E-state index contributed by atoms with van der Waals surface area (Å²) in [6.07, 6.45) is 1.09. The van der Waals surface area contributed by atoms with Gasteiger partial charge in [-0.1, -0.05) is 5.16 Å². The average Bonchev–Trinajstić information content (AvgIpc) is 2.60. The van der Waals surface area contributed by atoms with Crippen LogP contribution in [0.1, 0.15) is 17.9 Å². The quantitative estimate of drug-likeness (QED) is 0.782. The highest BCUT2D eigenvalue weighted by Crippen LogP contribution is 2.00. The van der Waals surface area contributed by atoms with Crippen molar-refractivity contribution in [2.75, 3.05) is 32.7 Å². The number of aryl methyl sites for hydroxylation is 1. The molecule has 1 amide bonds. The van der Waals surface area contributed by atoms with Gasteiger partial charge >= 0.3 is 0 Å². The second kappa shape index (κ2) is 6.51. The summed E-state index contributed by atoms with van der Waals surface area (Å²) in [4.78, 5) is 13.9. The fourth-order valence-corrected chi connectivity index (χ4v) is 2.01. The largest absolute Gasteiger partial charge is 0.361 e. The molecule has 1 saturated heterocycles. The average molecular weight is 252 g/mol. The van der Waals surface area contributed by atoms with Crippen molar-refractivity contribution in [1.29, 1.82) is 0 Å². The number of nitrogens with zero attached hydrogens (tertiary/aromatic N) is 2. The van der Waals surface area contributed by atoms with E-state index in [9.17, 15) is 4.79 Å². The highest BCUT2D eigenvalue weighted by Gasteiger charge is 2.12. The van der Waals surface area contributed by atoms with E-state index in [0.717, 1.165) is 44.1 Å². The van der Waals surface area contributed by atoms with E-state index >= 15 is 0 Å². The molecule has 1 aliphatic rings. The maximum Gasteiger partial charge on any atom is 0.234 e. The van der Waals surface area contributed by atoms with Gasteiger partial charge < -0.3 is 15.2 Å². The van der Waals surface area contributed by atoms with Crippen molar-refractivity contribution in [2.45, 2.75) is 19.9 Å². The molecule has 0 atom stereocenters. The lowest BCUT2D eigenvalue weighted by atomic mass is 10.3. The molecule has 0 radical (unpaired) electrons. The van der Waals surface area contributed by atoms with Crippen molar-refractivity contribution in [2.24, 2.45) is 0 Å². The zero-order chi connectivity index (χ0) is 12.8. The summed E-state index contributed by atoms with van der Waals surface area (Å²) in [6, 6.07) is 1.83. The standard InChI is InChI=1S/C12H20N4O2/c1-10-7-11(15-18-10)8-14-12(17)9-16-5-2-3-13-4-6-16/h7,13H,2-6,8-9H2,1H3,(H,14,17). The third-order valence-electron chi connectivity index (χ3n) is 2.94. The topological polar surface area (TPSA) is 70.4 Å². The molecule has 1 fully saturated rings. The summed E-state index contributed by atoms with van der Waals surface area (Å²) in [7, 11) is 0. The summed E-state index contributed by atoms with van der Waals surface area (Å²) in [5, 5.41) is 10.0. The van der Waals surface area contributed by atoms with E-state index < -0.39 is 0 Å². The Morgan fingerprint density at radius 3 is 3.22 bits per heavy atom. The fraction of sp³-hybridized carbons (Fsp3) is 0.667. The monoisotopic (exact) mass is 252 g/mol. The summed E-state index contributed by atoms with van der Waals surface area (Å²) >= 11 is 0. The van der Waals surface area contributed by atoms with E-state index in [1.54, 1.807) is 0 Å². The van der Waals surface area contributed by atoms with Gasteiger partial charge in [-0.05, 0) is 26.4 Å². The van der Waals surface area contributed by atoms with Crippen LogP contribution < -0.4 is 10.6 Å². The Labute approximate surface area is 107 Å². The highest BCUT2D eigenvalue weighted by molar-refractivity contribution is 5.77. The van der Waals surface area contributed by atoms with E-state index in [1.807, 2.05) is 13.0 Å². The molecule has 1 aliphatic heterocycles. The van der Waals surface area contributed by atoms with Gasteiger partial charge in [0.25, 0.3) is 0 Å². The smallest absolute Gasteiger partial charge is 0.234 e. The van der Waals surface area contributed by atoms with Gasteiger partial charge in [-0.25, -0.2) is 0 Å². The van der Waals surface area contributed by atoms with Gasteiger partial charge in [-0.3, -0.25) is 9.69 Å². The molecule has 2 N–H and O–H groups in total. The third kappa shape index (κ3) is 4.12. The minimum atomic E-state index is 0.0394. The SMILES string of the molecule is Cc1cc(CNC(=O)CN2CCCNCC2)no1. The molecule has 100 valence electrons. The molecular weight excluding hydrogens is 232 g/mol. The molecule has 6 nitrogen and oxygen atoms in total. The van der Waals surface area contributed by atoms with Gasteiger partial charge in [0.2, 0.25) is 5.91 Å². The molecule has 6 heteroatoms. The number of aromatic nitrogens is 1. The lowest BCUT2D eigenvalue weighted by Crippen LogP contribution is -2.38. The zero-order valence-electron chi connectivity index (χ0n) is 10.7. The van der Waals surface area contributed by atoms with E-state index in [1.165, 1.54) is 0 Å². The second-order valence-corrected chi connectivity index (χ2v) is 4.59. The Balaban J connectivity index is 1.71. The van der Waals surface area contributed by atoms with Crippen LogP contribution in [0.15, 0.2) is 10.6 Å². The maximum atomic E-state index is 11.8. The first-order chi connectivity index (χ1) is 8.74. The Kier molecular flexibility index (Phi) is 4.72. The predicted octanol–water partition coefficient (Wildman–Crippen LogP) is -0.105. The number of carbonyl (C=O) groups is 1. The number of amides is 1. The Hall–Kier alpha value is -1.40. The Morgan fingerprint density at radius 1 is 1.56 bits per heavy atom. The Bertz CT molecular complexity index is 383. The number of carbonyl (C=O) groups excluding carboxylic acids is 1. The fourth-order valence-electron chi connectivity index (χ4n) is 2.01. The van der Waals surface area contributed by atoms with Crippen LogP contribution in [0.25, 0.3) is 0 Å². The van der Waals surface area contributed by atoms with Crippen molar-refractivity contribution in [3.05, 3.63) is 17.5 Å². The number of rotatable bonds is 4. The van der Waals surface area contributed by atoms with Gasteiger partial charge in [-0.2, -0.15) is 0 Å². The van der Waals surface area contributed by atoms with Crippen molar-refractivity contribution in [3.63, 3.8) is 0 Å². The van der Waals surface area contributed by atoms with Crippen LogP contribution in [0.4, 0.5) is 0 Å². The van der Waals surface area contributed by atoms with Crippen molar-refractivity contribution in [1.82, 2.24) is 20.7 Å². The van der Waals surface area contributed by atoms with E-state index in [0.29, 0.717) is 13.1 Å². The molecule has 0 unspecified atom stereocenters. The first kappa shape index (κ1) is 13.0. The van der Waals surface area contributed by atoms with E-state index in [-0.39, 0.29) is 5.91 Å². The summed E-state index contributed by atoms with van der Waals surface area (Å²) in [5.74, 6) is 0.801. The molecule has 0 bridgehead atoms. The van der Waals surface area contributed by atoms with Crippen molar-refractivity contribution < 1.29 is 9.32 Å². The summed E-state index contributed by atoms with van der Waals surface area (Å²) < 4.78 is 4.94. The number of nitrogens with one attached hydrogen (secondary N) is 2. The Morgan fingerprint density at radius 2 is 2.44 bits per heavy atom. The highest BCUT2D eigenvalue weighted by atomic mass is 16.5. The molecule has 18 heavy (non-hydrogen) atoms. The number of hydrogen-bond acceptors (Lipinski definition) is 5. The molecule has 2 heterocycles. The van der Waals surface area contributed by atoms with Gasteiger partial charge in [0, 0.05) is 19.2 Å². The first-order valence-corrected chi connectivity index (χ1v) is 6.36. The van der Waals surface area contributed by atoms with Crippen molar-refractivity contribution in [3.8, 4) is 0 Å². The van der Waals surface area contributed by atoms with Gasteiger partial charge in [0.05, 0.1) is 13.1 Å². The predicted molar refractivity (Wildman–Crippen MR) is 67.0 cm³/mol. The lowest BCUT2D eigenvalue weighted by Gasteiger charge is -2.18. The van der Waals surface area contributed by atoms with Gasteiger partial charge in [0.15, 0.2) is 0 Å². The van der Waals surface area contributed by atoms with Crippen LogP contribution in [-0.2, 0) is 11.3 Å². The molecule has 0 saturated carbocycles. The molecule has 1 aromatic rings.